The molecule has 1 aliphatic carbocycles. The van der Waals surface area contributed by atoms with E-state index in [1.54, 1.807) is 7.11 Å². The van der Waals surface area contributed by atoms with Gasteiger partial charge in [0, 0.05) is 0 Å². The Morgan fingerprint density at radius 2 is 1.95 bits per heavy atom. The molecule has 0 bridgehead atoms. The maximum Gasteiger partial charge on any atom is 0.121 e. The molecule has 0 aliphatic heterocycles. The topological polar surface area (TPSA) is 9.23 Å². The standard InChI is InChI=1S/C19H29ClO/c1-4-5-6-15-7-9-16(10-8-15)19(20)17-11-12-18(21-3)14(2)13-17/h11-13,15-16,19H,4-10H2,1-3H3. The normalized spacial score (nSPS) is 23.8. The summed E-state index contributed by atoms with van der Waals surface area (Å²) in [5, 5.41) is 0.154. The minimum absolute atomic E-state index is 0.154. The van der Waals surface area contributed by atoms with Crippen LogP contribution in [0.2, 0.25) is 0 Å². The van der Waals surface area contributed by atoms with E-state index in [0.29, 0.717) is 5.92 Å². The van der Waals surface area contributed by atoms with Crippen LogP contribution in [0.5, 0.6) is 5.75 Å². The minimum Gasteiger partial charge on any atom is -0.496 e. The molecular weight excluding hydrogens is 280 g/mol. The molecule has 1 aromatic carbocycles. The molecule has 1 fully saturated rings. The zero-order valence-electron chi connectivity index (χ0n) is 13.7. The van der Waals surface area contributed by atoms with Crippen LogP contribution in [0.15, 0.2) is 18.2 Å². The number of hydrogen-bond acceptors (Lipinski definition) is 1. The van der Waals surface area contributed by atoms with Gasteiger partial charge in [0.1, 0.15) is 5.75 Å². The van der Waals surface area contributed by atoms with Gasteiger partial charge in [-0.1, -0.05) is 51.2 Å². The van der Waals surface area contributed by atoms with Crippen molar-refractivity contribution in [3.63, 3.8) is 0 Å². The summed E-state index contributed by atoms with van der Waals surface area (Å²) in [5.74, 6) is 2.53. The molecule has 2 heteroatoms. The molecule has 0 aromatic heterocycles. The predicted molar refractivity (Wildman–Crippen MR) is 91.3 cm³/mol. The van der Waals surface area contributed by atoms with Gasteiger partial charge >= 0.3 is 0 Å². The van der Waals surface area contributed by atoms with Gasteiger partial charge in [0.05, 0.1) is 12.5 Å². The summed E-state index contributed by atoms with van der Waals surface area (Å²) in [6, 6.07) is 6.37. The second-order valence-electron chi connectivity index (χ2n) is 6.55. The van der Waals surface area contributed by atoms with Crippen LogP contribution in [0.4, 0.5) is 0 Å². The number of methoxy groups -OCH3 is 1. The molecule has 0 heterocycles. The van der Waals surface area contributed by atoms with Crippen molar-refractivity contribution < 1.29 is 4.74 Å². The Kier molecular flexibility index (Phi) is 6.41. The van der Waals surface area contributed by atoms with E-state index in [9.17, 15) is 0 Å². The number of benzene rings is 1. The third kappa shape index (κ3) is 4.39. The minimum atomic E-state index is 0.154. The van der Waals surface area contributed by atoms with E-state index >= 15 is 0 Å². The summed E-state index contributed by atoms with van der Waals surface area (Å²) in [4.78, 5) is 0. The smallest absolute Gasteiger partial charge is 0.121 e. The lowest BCUT2D eigenvalue weighted by Crippen LogP contribution is -2.18. The molecule has 0 radical (unpaired) electrons. The van der Waals surface area contributed by atoms with Crippen LogP contribution in [0, 0.1) is 18.8 Å². The monoisotopic (exact) mass is 308 g/mol. The first kappa shape index (κ1) is 16.7. The first-order valence-electron chi connectivity index (χ1n) is 8.44. The first-order valence-corrected chi connectivity index (χ1v) is 8.88. The van der Waals surface area contributed by atoms with Crippen molar-refractivity contribution in [2.45, 2.75) is 64.2 Å². The Balaban J connectivity index is 1.92. The number of unbranched alkanes of at least 4 members (excludes halogenated alkanes) is 1. The van der Waals surface area contributed by atoms with Gasteiger partial charge in [-0.3, -0.25) is 0 Å². The number of aryl methyl sites for hydroxylation is 1. The molecule has 2 rings (SSSR count). The summed E-state index contributed by atoms with van der Waals surface area (Å²) in [6.07, 6.45) is 9.42. The number of halogens is 1. The van der Waals surface area contributed by atoms with Gasteiger partial charge in [-0.15, -0.1) is 11.6 Å². The molecule has 1 nitrogen and oxygen atoms in total. The molecule has 21 heavy (non-hydrogen) atoms. The zero-order chi connectivity index (χ0) is 15.2. The second-order valence-corrected chi connectivity index (χ2v) is 7.02. The number of ether oxygens (including phenoxy) is 1. The van der Waals surface area contributed by atoms with Crippen molar-refractivity contribution in [3.05, 3.63) is 29.3 Å². The van der Waals surface area contributed by atoms with Crippen LogP contribution >= 0.6 is 11.6 Å². The van der Waals surface area contributed by atoms with Crippen LogP contribution in [0.3, 0.4) is 0 Å². The van der Waals surface area contributed by atoms with Crippen LogP contribution < -0.4 is 4.74 Å². The van der Waals surface area contributed by atoms with Gasteiger partial charge in [0.2, 0.25) is 0 Å². The van der Waals surface area contributed by atoms with Gasteiger partial charge in [0.15, 0.2) is 0 Å². The van der Waals surface area contributed by atoms with Gasteiger partial charge in [-0.25, -0.2) is 0 Å². The fourth-order valence-corrected chi connectivity index (χ4v) is 4.00. The molecule has 1 aliphatic rings. The predicted octanol–water partition coefficient (Wildman–Crippen LogP) is 6.28. The van der Waals surface area contributed by atoms with Gasteiger partial charge in [0.25, 0.3) is 0 Å². The van der Waals surface area contributed by atoms with E-state index in [1.165, 1.54) is 56.1 Å². The highest BCUT2D eigenvalue weighted by Crippen LogP contribution is 2.42. The van der Waals surface area contributed by atoms with Gasteiger partial charge in [-0.2, -0.15) is 0 Å². The van der Waals surface area contributed by atoms with Crippen molar-refractivity contribution in [2.75, 3.05) is 7.11 Å². The largest absolute Gasteiger partial charge is 0.496 e. The van der Waals surface area contributed by atoms with Crippen molar-refractivity contribution in [1.29, 1.82) is 0 Å². The lowest BCUT2D eigenvalue weighted by molar-refractivity contribution is 0.254. The summed E-state index contributed by atoms with van der Waals surface area (Å²) < 4.78 is 5.33. The maximum absolute atomic E-state index is 6.76. The molecule has 0 amide bonds. The average Bonchev–Trinajstić information content (AvgIpc) is 2.52. The fraction of sp³-hybridized carbons (Fsp3) is 0.684. The number of hydrogen-bond donors (Lipinski definition) is 0. The highest BCUT2D eigenvalue weighted by Gasteiger charge is 2.27. The van der Waals surface area contributed by atoms with E-state index in [0.717, 1.165) is 11.7 Å². The van der Waals surface area contributed by atoms with Crippen molar-refractivity contribution >= 4 is 11.6 Å². The van der Waals surface area contributed by atoms with Crippen molar-refractivity contribution in [2.24, 2.45) is 11.8 Å². The molecule has 1 aromatic rings. The lowest BCUT2D eigenvalue weighted by Gasteiger charge is -2.31. The van der Waals surface area contributed by atoms with Crippen LogP contribution in [-0.2, 0) is 0 Å². The van der Waals surface area contributed by atoms with E-state index in [1.807, 2.05) is 6.07 Å². The number of rotatable bonds is 6. The van der Waals surface area contributed by atoms with E-state index in [2.05, 4.69) is 26.0 Å². The summed E-state index contributed by atoms with van der Waals surface area (Å²) >= 11 is 6.76. The molecule has 1 atom stereocenters. The molecule has 1 unspecified atom stereocenters. The van der Waals surface area contributed by atoms with Crippen molar-refractivity contribution in [1.82, 2.24) is 0 Å². The Labute approximate surface area is 135 Å². The Hall–Kier alpha value is -0.690. The van der Waals surface area contributed by atoms with Crippen molar-refractivity contribution in [3.8, 4) is 5.75 Å². The lowest BCUT2D eigenvalue weighted by atomic mass is 9.77. The fourth-order valence-electron chi connectivity index (χ4n) is 3.61. The van der Waals surface area contributed by atoms with Crippen LogP contribution in [0.1, 0.15) is 68.4 Å². The summed E-state index contributed by atoms with van der Waals surface area (Å²) in [5.41, 5.74) is 2.43. The number of alkyl halides is 1. The average molecular weight is 309 g/mol. The van der Waals surface area contributed by atoms with E-state index in [4.69, 9.17) is 16.3 Å². The molecule has 0 spiro atoms. The highest BCUT2D eigenvalue weighted by molar-refractivity contribution is 6.21. The molecule has 0 saturated heterocycles. The Bertz CT molecular complexity index is 435. The van der Waals surface area contributed by atoms with Crippen LogP contribution in [-0.4, -0.2) is 7.11 Å². The third-order valence-corrected chi connectivity index (χ3v) is 5.62. The molecular formula is C19H29ClO. The SMILES string of the molecule is CCCCC1CCC(C(Cl)c2ccc(OC)c(C)c2)CC1. The molecule has 1 saturated carbocycles. The molecule has 0 N–H and O–H groups in total. The third-order valence-electron chi connectivity index (χ3n) is 5.01. The van der Waals surface area contributed by atoms with Gasteiger partial charge in [-0.05, 0) is 48.8 Å². The second kappa shape index (κ2) is 8.08. The summed E-state index contributed by atoms with van der Waals surface area (Å²) in [6.45, 7) is 4.38. The molecule has 118 valence electrons. The maximum atomic E-state index is 6.76. The van der Waals surface area contributed by atoms with Crippen LogP contribution in [0.25, 0.3) is 0 Å². The quantitative estimate of drug-likeness (QED) is 0.562. The first-order chi connectivity index (χ1) is 10.2. The van der Waals surface area contributed by atoms with Gasteiger partial charge < -0.3 is 4.74 Å². The Morgan fingerprint density at radius 3 is 2.52 bits per heavy atom. The van der Waals surface area contributed by atoms with E-state index < -0.39 is 0 Å². The Morgan fingerprint density at radius 1 is 1.24 bits per heavy atom. The zero-order valence-corrected chi connectivity index (χ0v) is 14.5. The summed E-state index contributed by atoms with van der Waals surface area (Å²) in [7, 11) is 1.72. The van der Waals surface area contributed by atoms with E-state index in [-0.39, 0.29) is 5.38 Å². The highest BCUT2D eigenvalue weighted by atomic mass is 35.5.